The average molecular weight is 551 g/mol. The summed E-state index contributed by atoms with van der Waals surface area (Å²) in [6, 6.07) is 3.66. The molecule has 0 aliphatic carbocycles. The van der Waals surface area contributed by atoms with Gasteiger partial charge < -0.3 is 29.5 Å². The van der Waals surface area contributed by atoms with Gasteiger partial charge in [-0.2, -0.15) is 0 Å². The summed E-state index contributed by atoms with van der Waals surface area (Å²) in [6.07, 6.45) is 1.88. The highest BCUT2D eigenvalue weighted by molar-refractivity contribution is 5.89. The molecule has 0 spiro atoms. The molecule has 0 aromatic heterocycles. The van der Waals surface area contributed by atoms with E-state index >= 15 is 0 Å². The summed E-state index contributed by atoms with van der Waals surface area (Å²) in [5.74, 6) is -1.76. The third kappa shape index (κ3) is 19.4. The molecule has 3 N–H and O–H groups in total. The van der Waals surface area contributed by atoms with Crippen LogP contribution in [0.2, 0.25) is 0 Å². The molecule has 0 atom stereocenters. The molecule has 0 saturated heterocycles. The number of carboxylic acids is 3. The molecule has 0 unspecified atom stereocenters. The van der Waals surface area contributed by atoms with Crippen LogP contribution in [-0.4, -0.2) is 52.4 Å². The Hall–Kier alpha value is -4.34. The zero-order chi connectivity index (χ0) is 31.3. The molecule has 10 heteroatoms. The molecule has 0 saturated carbocycles. The molecule has 0 fully saturated rings. The molecule has 10 nitrogen and oxygen atoms in total. The van der Waals surface area contributed by atoms with Crippen LogP contribution in [0.4, 0.5) is 0 Å². The first-order valence-electron chi connectivity index (χ1n) is 11.9. The zero-order valence-corrected chi connectivity index (χ0v) is 24.0. The van der Waals surface area contributed by atoms with E-state index in [1.807, 2.05) is 19.9 Å². The number of rotatable bonds is 11. The number of aryl methyl sites for hydroxylation is 1. The molecule has 0 bridgehead atoms. The predicted molar refractivity (Wildman–Crippen MR) is 151 cm³/mol. The molecule has 0 radical (unpaired) electrons. The lowest BCUT2D eigenvalue weighted by Crippen LogP contribution is -2.11. The standard InChI is InChI=1S/C17H24O4.3C4H6O2/c1-6-9-13-10-11-14(21-17(18)12(4)5)16(20-8-3)15(13)19-7-2;3*1-3(2)4(5)6/h10-11H,4,6-9H2,1-3,5H3;3*1H2,2H3,(H,5,6). The molecule has 39 heavy (non-hydrogen) atoms. The molecular weight excluding hydrogens is 508 g/mol. The fraction of sp³-hybridized carbons (Fsp3) is 0.379. The van der Waals surface area contributed by atoms with Crippen molar-refractivity contribution in [3.63, 3.8) is 0 Å². The van der Waals surface area contributed by atoms with Crippen molar-refractivity contribution in [3.8, 4) is 17.2 Å². The quantitative estimate of drug-likeness (QED) is 0.173. The smallest absolute Gasteiger partial charge is 0.338 e. The molecule has 0 aliphatic heterocycles. The number of carboxylic acid groups (broad SMARTS) is 3. The lowest BCUT2D eigenvalue weighted by molar-refractivity contribution is -0.133. The van der Waals surface area contributed by atoms with E-state index in [0.717, 1.165) is 18.4 Å². The van der Waals surface area contributed by atoms with Crippen LogP contribution in [0.5, 0.6) is 17.2 Å². The summed E-state index contributed by atoms with van der Waals surface area (Å²) in [5, 5.41) is 23.7. The number of carbonyl (C=O) groups excluding carboxylic acids is 1. The van der Waals surface area contributed by atoms with E-state index in [1.54, 1.807) is 13.0 Å². The fourth-order valence-electron chi connectivity index (χ4n) is 1.90. The summed E-state index contributed by atoms with van der Waals surface area (Å²) in [5.41, 5.74) is 1.92. The van der Waals surface area contributed by atoms with E-state index in [-0.39, 0.29) is 16.7 Å². The Morgan fingerprint density at radius 1 is 0.667 bits per heavy atom. The molecule has 1 aromatic rings. The van der Waals surface area contributed by atoms with Crippen molar-refractivity contribution in [2.75, 3.05) is 13.2 Å². The van der Waals surface area contributed by atoms with Gasteiger partial charge in [-0.05, 0) is 59.6 Å². The van der Waals surface area contributed by atoms with Gasteiger partial charge in [0.15, 0.2) is 11.5 Å². The van der Waals surface area contributed by atoms with Gasteiger partial charge in [0.2, 0.25) is 5.75 Å². The Labute approximate surface area is 230 Å². The SMILES string of the molecule is C=C(C)C(=O)O.C=C(C)C(=O)O.C=C(C)C(=O)O.C=C(C)C(=O)Oc1ccc(CCC)c(OCC)c1OCC. The van der Waals surface area contributed by atoms with Crippen LogP contribution in [0.3, 0.4) is 0 Å². The first-order chi connectivity index (χ1) is 18.0. The second-order valence-electron chi connectivity index (χ2n) is 7.92. The van der Waals surface area contributed by atoms with Crippen LogP contribution < -0.4 is 14.2 Å². The summed E-state index contributed by atoms with van der Waals surface area (Å²) < 4.78 is 16.7. The molecule has 1 rings (SSSR count). The Morgan fingerprint density at radius 3 is 1.31 bits per heavy atom. The van der Waals surface area contributed by atoms with Crippen molar-refractivity contribution in [1.29, 1.82) is 0 Å². The summed E-state index contributed by atoms with van der Waals surface area (Å²) in [7, 11) is 0. The molecular formula is C29H42O10. The average Bonchev–Trinajstić information content (AvgIpc) is 2.83. The monoisotopic (exact) mass is 550 g/mol. The van der Waals surface area contributed by atoms with Gasteiger partial charge >= 0.3 is 23.9 Å². The van der Waals surface area contributed by atoms with E-state index in [4.69, 9.17) is 29.5 Å². The number of aliphatic carboxylic acids is 3. The minimum absolute atomic E-state index is 0.176. The van der Waals surface area contributed by atoms with Crippen LogP contribution in [0.1, 0.15) is 60.5 Å². The summed E-state index contributed by atoms with van der Waals surface area (Å²) in [6.45, 7) is 25.9. The Balaban J connectivity index is -0.000000584. The third-order valence-electron chi connectivity index (χ3n) is 3.90. The van der Waals surface area contributed by atoms with E-state index < -0.39 is 23.9 Å². The van der Waals surface area contributed by atoms with E-state index in [0.29, 0.717) is 36.0 Å². The van der Waals surface area contributed by atoms with E-state index in [2.05, 4.69) is 33.2 Å². The third-order valence-corrected chi connectivity index (χ3v) is 3.90. The number of benzene rings is 1. The molecule has 1 aromatic carbocycles. The summed E-state index contributed by atoms with van der Waals surface area (Å²) in [4.78, 5) is 40.5. The largest absolute Gasteiger partial charge is 0.490 e. The number of carbonyl (C=O) groups is 4. The minimum Gasteiger partial charge on any atom is -0.490 e. The first-order valence-corrected chi connectivity index (χ1v) is 11.9. The lowest BCUT2D eigenvalue weighted by atomic mass is 10.1. The van der Waals surface area contributed by atoms with Gasteiger partial charge in [-0.15, -0.1) is 0 Å². The van der Waals surface area contributed by atoms with Crippen LogP contribution in [0.25, 0.3) is 0 Å². The fourth-order valence-corrected chi connectivity index (χ4v) is 1.90. The zero-order valence-electron chi connectivity index (χ0n) is 24.0. The molecule has 0 heterocycles. The number of hydrogen-bond donors (Lipinski definition) is 3. The maximum Gasteiger partial charge on any atom is 0.338 e. The second-order valence-corrected chi connectivity index (χ2v) is 7.92. The van der Waals surface area contributed by atoms with E-state index in [1.165, 1.54) is 20.8 Å². The van der Waals surface area contributed by atoms with Crippen LogP contribution in [-0.2, 0) is 25.6 Å². The Bertz CT molecular complexity index is 942. The predicted octanol–water partition coefficient (Wildman–Crippen LogP) is 5.86. The minimum atomic E-state index is -0.935. The van der Waals surface area contributed by atoms with Gasteiger partial charge in [-0.25, -0.2) is 19.2 Å². The van der Waals surface area contributed by atoms with Crippen molar-refractivity contribution in [1.82, 2.24) is 0 Å². The number of hydrogen-bond acceptors (Lipinski definition) is 7. The van der Waals surface area contributed by atoms with Gasteiger partial charge in [0.1, 0.15) is 0 Å². The molecule has 218 valence electrons. The van der Waals surface area contributed by atoms with Crippen LogP contribution in [0.15, 0.2) is 60.7 Å². The number of esters is 1. The Kier molecular flexibility index (Phi) is 21.8. The lowest BCUT2D eigenvalue weighted by Gasteiger charge is -2.18. The van der Waals surface area contributed by atoms with E-state index in [9.17, 15) is 19.2 Å². The molecule has 0 aliphatic rings. The Morgan fingerprint density at radius 2 is 1.03 bits per heavy atom. The highest BCUT2D eigenvalue weighted by Crippen LogP contribution is 2.41. The topological polar surface area (TPSA) is 157 Å². The van der Waals surface area contributed by atoms with Crippen molar-refractivity contribution < 1.29 is 48.7 Å². The van der Waals surface area contributed by atoms with Crippen LogP contribution in [0, 0.1) is 0 Å². The maximum absolute atomic E-state index is 11.7. The number of ether oxygens (including phenoxy) is 3. The van der Waals surface area contributed by atoms with Gasteiger partial charge in [-0.3, -0.25) is 0 Å². The maximum atomic E-state index is 11.7. The first kappa shape index (κ1) is 39.2. The van der Waals surface area contributed by atoms with Crippen molar-refractivity contribution in [2.45, 2.75) is 61.3 Å². The second kappa shape index (κ2) is 21.7. The van der Waals surface area contributed by atoms with Crippen molar-refractivity contribution in [2.24, 2.45) is 0 Å². The highest BCUT2D eigenvalue weighted by Gasteiger charge is 2.19. The summed E-state index contributed by atoms with van der Waals surface area (Å²) >= 11 is 0. The normalized spacial score (nSPS) is 8.90. The van der Waals surface area contributed by atoms with Gasteiger partial charge in [-0.1, -0.05) is 45.7 Å². The highest BCUT2D eigenvalue weighted by atomic mass is 16.6. The van der Waals surface area contributed by atoms with Crippen molar-refractivity contribution in [3.05, 3.63) is 66.3 Å². The van der Waals surface area contributed by atoms with Gasteiger partial charge in [0, 0.05) is 22.3 Å². The van der Waals surface area contributed by atoms with Crippen molar-refractivity contribution >= 4 is 23.9 Å². The van der Waals surface area contributed by atoms with Gasteiger partial charge in [0.05, 0.1) is 13.2 Å². The van der Waals surface area contributed by atoms with Crippen LogP contribution >= 0.6 is 0 Å². The van der Waals surface area contributed by atoms with Gasteiger partial charge in [0.25, 0.3) is 0 Å². The molecule has 0 amide bonds.